The number of aromatic nitrogens is 2. The second-order valence-electron chi connectivity index (χ2n) is 7.97. The normalized spacial score (nSPS) is 12.3. The number of carbonyl (C=O) groups is 2. The maximum absolute atomic E-state index is 13.3. The van der Waals surface area contributed by atoms with Gasteiger partial charge in [0.2, 0.25) is 21.8 Å². The van der Waals surface area contributed by atoms with Crippen molar-refractivity contribution in [3.63, 3.8) is 0 Å². The van der Waals surface area contributed by atoms with Gasteiger partial charge in [-0.2, -0.15) is 0 Å². The summed E-state index contributed by atoms with van der Waals surface area (Å²) in [5, 5.41) is 2.77. The first-order valence-electron chi connectivity index (χ1n) is 10.4. The Bertz CT molecular complexity index is 1320. The SMILES string of the molecule is C=C(C)C(C(=O)Nc1cccc(-c2ncc[nH]2)c1)C(=O)N(C)c1cccc(S(=O)(=O)N(C)C)c1. The summed E-state index contributed by atoms with van der Waals surface area (Å²) in [6, 6.07) is 13.1. The number of amides is 2. The summed E-state index contributed by atoms with van der Waals surface area (Å²) >= 11 is 0. The van der Waals surface area contributed by atoms with Gasteiger partial charge in [0.15, 0.2) is 0 Å². The minimum Gasteiger partial charge on any atom is -0.345 e. The van der Waals surface area contributed by atoms with Crippen LogP contribution >= 0.6 is 0 Å². The van der Waals surface area contributed by atoms with Crippen LogP contribution in [-0.2, 0) is 19.6 Å². The van der Waals surface area contributed by atoms with Crippen LogP contribution in [0.2, 0.25) is 0 Å². The maximum atomic E-state index is 13.3. The molecule has 0 spiro atoms. The summed E-state index contributed by atoms with van der Waals surface area (Å²) in [5.74, 6) is -1.60. The molecule has 10 heteroatoms. The van der Waals surface area contributed by atoms with E-state index in [1.54, 1.807) is 49.6 Å². The molecule has 0 radical (unpaired) electrons. The first-order chi connectivity index (χ1) is 16.0. The molecule has 34 heavy (non-hydrogen) atoms. The zero-order chi connectivity index (χ0) is 25.0. The molecule has 1 atom stereocenters. The Morgan fingerprint density at radius 2 is 1.79 bits per heavy atom. The first-order valence-corrected chi connectivity index (χ1v) is 11.8. The molecule has 1 aromatic heterocycles. The molecule has 2 amide bonds. The van der Waals surface area contributed by atoms with Crippen LogP contribution in [0, 0.1) is 5.92 Å². The van der Waals surface area contributed by atoms with Gasteiger partial charge in [-0.1, -0.05) is 30.4 Å². The second kappa shape index (κ2) is 10.0. The number of nitrogens with zero attached hydrogens (tertiary/aromatic N) is 3. The molecule has 178 valence electrons. The molecule has 0 saturated carbocycles. The van der Waals surface area contributed by atoms with Crippen molar-refractivity contribution in [1.29, 1.82) is 0 Å². The third-order valence-corrected chi connectivity index (χ3v) is 7.03. The minimum absolute atomic E-state index is 0.0423. The van der Waals surface area contributed by atoms with Crippen molar-refractivity contribution in [1.82, 2.24) is 14.3 Å². The molecular weight excluding hydrogens is 454 g/mol. The molecule has 3 aromatic rings. The number of nitrogens with one attached hydrogen (secondary N) is 2. The molecule has 9 nitrogen and oxygen atoms in total. The van der Waals surface area contributed by atoms with Crippen LogP contribution in [0.15, 0.2) is 78.0 Å². The van der Waals surface area contributed by atoms with E-state index >= 15 is 0 Å². The van der Waals surface area contributed by atoms with Crippen molar-refractivity contribution < 1.29 is 18.0 Å². The second-order valence-corrected chi connectivity index (χ2v) is 10.1. The monoisotopic (exact) mass is 481 g/mol. The molecule has 3 rings (SSSR count). The van der Waals surface area contributed by atoms with Crippen molar-refractivity contribution in [2.45, 2.75) is 11.8 Å². The van der Waals surface area contributed by atoms with E-state index in [1.165, 1.54) is 38.2 Å². The fourth-order valence-corrected chi connectivity index (χ4v) is 4.25. The number of rotatable bonds is 8. The van der Waals surface area contributed by atoms with Crippen molar-refractivity contribution in [2.24, 2.45) is 5.92 Å². The van der Waals surface area contributed by atoms with E-state index in [0.717, 1.165) is 9.87 Å². The van der Waals surface area contributed by atoms with Crippen LogP contribution in [0.5, 0.6) is 0 Å². The van der Waals surface area contributed by atoms with Crippen molar-refractivity contribution in [3.05, 3.63) is 73.1 Å². The smallest absolute Gasteiger partial charge is 0.243 e. The summed E-state index contributed by atoms with van der Waals surface area (Å²) in [6.45, 7) is 5.43. The highest BCUT2D eigenvalue weighted by atomic mass is 32.2. The maximum Gasteiger partial charge on any atom is 0.243 e. The Labute approximate surface area is 199 Å². The van der Waals surface area contributed by atoms with Gasteiger partial charge in [-0.05, 0) is 37.3 Å². The van der Waals surface area contributed by atoms with Gasteiger partial charge < -0.3 is 15.2 Å². The average Bonchev–Trinajstić information content (AvgIpc) is 3.33. The molecule has 0 saturated heterocycles. The van der Waals surface area contributed by atoms with E-state index < -0.39 is 27.8 Å². The molecule has 1 unspecified atom stereocenters. The number of anilines is 2. The summed E-state index contributed by atoms with van der Waals surface area (Å²) in [7, 11) is 0.666. The van der Waals surface area contributed by atoms with Crippen LogP contribution < -0.4 is 10.2 Å². The van der Waals surface area contributed by atoms with Gasteiger partial charge in [0.05, 0.1) is 4.90 Å². The van der Waals surface area contributed by atoms with Gasteiger partial charge in [-0.25, -0.2) is 17.7 Å². The highest BCUT2D eigenvalue weighted by molar-refractivity contribution is 7.89. The highest BCUT2D eigenvalue weighted by Gasteiger charge is 2.31. The summed E-state index contributed by atoms with van der Waals surface area (Å²) in [6.07, 6.45) is 3.33. The topological polar surface area (TPSA) is 115 Å². The predicted octanol–water partition coefficient (Wildman–Crippen LogP) is 3.12. The fraction of sp³-hybridized carbons (Fsp3) is 0.208. The predicted molar refractivity (Wildman–Crippen MR) is 132 cm³/mol. The lowest BCUT2D eigenvalue weighted by molar-refractivity contribution is -0.129. The number of sulfonamides is 1. The van der Waals surface area contributed by atoms with E-state index in [1.807, 2.05) is 6.07 Å². The summed E-state index contributed by atoms with van der Waals surface area (Å²) in [5.41, 5.74) is 1.97. The van der Waals surface area contributed by atoms with Crippen molar-refractivity contribution in [2.75, 3.05) is 31.4 Å². The largest absolute Gasteiger partial charge is 0.345 e. The van der Waals surface area contributed by atoms with Crippen LogP contribution in [0.4, 0.5) is 11.4 Å². The van der Waals surface area contributed by atoms with Crippen molar-refractivity contribution >= 4 is 33.2 Å². The number of carbonyl (C=O) groups excluding carboxylic acids is 2. The van der Waals surface area contributed by atoms with Gasteiger partial charge in [-0.15, -0.1) is 0 Å². The number of hydrogen-bond acceptors (Lipinski definition) is 5. The van der Waals surface area contributed by atoms with Crippen LogP contribution in [-0.4, -0.2) is 55.6 Å². The van der Waals surface area contributed by atoms with E-state index in [9.17, 15) is 18.0 Å². The van der Waals surface area contributed by atoms with Crippen LogP contribution in [0.3, 0.4) is 0 Å². The molecular formula is C24H27N5O4S. The Balaban J connectivity index is 1.84. The zero-order valence-corrected chi connectivity index (χ0v) is 20.3. The first kappa shape index (κ1) is 24.9. The number of hydrogen-bond donors (Lipinski definition) is 2. The molecule has 0 fully saturated rings. The number of aromatic amines is 1. The third-order valence-electron chi connectivity index (χ3n) is 5.22. The Morgan fingerprint density at radius 1 is 1.09 bits per heavy atom. The van der Waals surface area contributed by atoms with E-state index in [2.05, 4.69) is 21.9 Å². The highest BCUT2D eigenvalue weighted by Crippen LogP contribution is 2.25. The van der Waals surface area contributed by atoms with Gasteiger partial charge in [0, 0.05) is 50.5 Å². The lowest BCUT2D eigenvalue weighted by Gasteiger charge is -2.24. The van der Waals surface area contributed by atoms with Gasteiger partial charge >= 0.3 is 0 Å². The molecule has 0 bridgehead atoms. The molecule has 1 heterocycles. The average molecular weight is 482 g/mol. The summed E-state index contributed by atoms with van der Waals surface area (Å²) in [4.78, 5) is 34.9. The number of imidazole rings is 1. The number of H-pyrrole nitrogens is 1. The molecule has 0 aliphatic carbocycles. The Hall–Kier alpha value is -3.76. The van der Waals surface area contributed by atoms with E-state index in [0.29, 0.717) is 22.8 Å². The van der Waals surface area contributed by atoms with Gasteiger partial charge in [-0.3, -0.25) is 9.59 Å². The minimum atomic E-state index is -3.68. The number of benzene rings is 2. The standard InChI is InChI=1S/C24H27N5O4S/c1-16(2)21(23(30)27-18-9-6-8-17(14-18)22-25-12-13-26-22)24(31)29(5)19-10-7-11-20(15-19)34(32,33)28(3)4/h6-15,21H,1H2,2-5H3,(H,25,26)(H,27,30). The Morgan fingerprint density at radius 3 is 2.41 bits per heavy atom. The fourth-order valence-electron chi connectivity index (χ4n) is 3.31. The lowest BCUT2D eigenvalue weighted by Crippen LogP contribution is -2.40. The Kier molecular flexibility index (Phi) is 7.33. The molecule has 2 N–H and O–H groups in total. The van der Waals surface area contributed by atoms with Crippen LogP contribution in [0.25, 0.3) is 11.4 Å². The van der Waals surface area contributed by atoms with Crippen molar-refractivity contribution in [3.8, 4) is 11.4 Å². The molecule has 2 aromatic carbocycles. The van der Waals surface area contributed by atoms with E-state index in [4.69, 9.17) is 0 Å². The zero-order valence-electron chi connectivity index (χ0n) is 19.4. The third kappa shape index (κ3) is 5.24. The van der Waals surface area contributed by atoms with Gasteiger partial charge in [0.25, 0.3) is 0 Å². The quantitative estimate of drug-likeness (QED) is 0.379. The summed E-state index contributed by atoms with van der Waals surface area (Å²) < 4.78 is 26.1. The van der Waals surface area contributed by atoms with Crippen LogP contribution in [0.1, 0.15) is 6.92 Å². The molecule has 0 aliphatic heterocycles. The van der Waals surface area contributed by atoms with Gasteiger partial charge in [0.1, 0.15) is 11.7 Å². The molecule has 0 aliphatic rings. The van der Waals surface area contributed by atoms with E-state index in [-0.39, 0.29) is 4.90 Å². The lowest BCUT2D eigenvalue weighted by atomic mass is 9.98.